The number of primary amides is 1. The molecule has 2 unspecified atom stereocenters. The van der Waals surface area contributed by atoms with Gasteiger partial charge in [0, 0.05) is 49.2 Å². The molecule has 0 radical (unpaired) electrons. The van der Waals surface area contributed by atoms with Crippen LogP contribution in [0.2, 0.25) is 0 Å². The molecule has 4 rings (SSSR count). The van der Waals surface area contributed by atoms with Crippen LogP contribution in [0.5, 0.6) is 0 Å². The van der Waals surface area contributed by atoms with Gasteiger partial charge in [-0.1, -0.05) is 0 Å². The van der Waals surface area contributed by atoms with Gasteiger partial charge < -0.3 is 15.2 Å². The van der Waals surface area contributed by atoms with Crippen molar-refractivity contribution in [3.63, 3.8) is 0 Å². The highest BCUT2D eigenvalue weighted by Gasteiger charge is 2.29. The quantitative estimate of drug-likeness (QED) is 0.701. The van der Waals surface area contributed by atoms with E-state index in [0.29, 0.717) is 41.7 Å². The summed E-state index contributed by atoms with van der Waals surface area (Å²) < 4.78 is 15.5. The van der Waals surface area contributed by atoms with Gasteiger partial charge in [0.15, 0.2) is 0 Å². The first-order chi connectivity index (χ1) is 14.4. The van der Waals surface area contributed by atoms with E-state index >= 15 is 0 Å². The average Bonchev–Trinajstić information content (AvgIpc) is 3.28. The van der Waals surface area contributed by atoms with Crippen LogP contribution < -0.4 is 5.73 Å². The minimum atomic E-state index is -0.596. The molecular weight excluding hydrogens is 385 g/mol. The molecule has 156 valence electrons. The Bertz CT molecular complexity index is 1080. The Morgan fingerprint density at radius 3 is 2.90 bits per heavy atom. The summed E-state index contributed by atoms with van der Waals surface area (Å²) in [6.07, 6.45) is 7.24. The van der Waals surface area contributed by atoms with E-state index in [-0.39, 0.29) is 17.9 Å². The number of amides is 2. The monoisotopic (exact) mass is 409 g/mol. The normalized spacial score (nSPS) is 17.8. The highest BCUT2D eigenvalue weighted by molar-refractivity contribution is 5.97. The van der Waals surface area contributed by atoms with Crippen molar-refractivity contribution in [2.24, 2.45) is 5.73 Å². The number of benzene rings is 1. The van der Waals surface area contributed by atoms with E-state index in [4.69, 9.17) is 5.73 Å². The van der Waals surface area contributed by atoms with Crippen molar-refractivity contribution < 1.29 is 14.0 Å². The number of aromatic nitrogens is 3. The predicted molar refractivity (Wildman–Crippen MR) is 110 cm³/mol. The summed E-state index contributed by atoms with van der Waals surface area (Å²) in [6.45, 7) is 3.14. The highest BCUT2D eigenvalue weighted by atomic mass is 19.1. The van der Waals surface area contributed by atoms with Gasteiger partial charge in [-0.15, -0.1) is 0 Å². The summed E-state index contributed by atoms with van der Waals surface area (Å²) in [5.41, 5.74) is 7.08. The number of fused-ring (bicyclic) bond motifs is 1. The van der Waals surface area contributed by atoms with Gasteiger partial charge in [0.2, 0.25) is 5.91 Å². The zero-order chi connectivity index (χ0) is 21.3. The highest BCUT2D eigenvalue weighted by Crippen LogP contribution is 2.31. The molecule has 2 aromatic heterocycles. The van der Waals surface area contributed by atoms with Gasteiger partial charge >= 0.3 is 0 Å². The standard InChI is InChI=1S/C22H24FN5O2/c1-14(28-8-6-25-13-28)9-20(29)27-7-2-3-15(12-27)21-18(22(24)30)11-16-10-17(23)4-5-19(16)26-21/h4-6,8,10-11,13-15H,2-3,7,9,12H2,1H3,(H2,24,30). The number of nitrogens with two attached hydrogens (primary N) is 1. The van der Waals surface area contributed by atoms with Gasteiger partial charge in [0.1, 0.15) is 5.82 Å². The van der Waals surface area contributed by atoms with E-state index < -0.39 is 11.7 Å². The third-order valence-electron chi connectivity index (χ3n) is 5.74. The number of rotatable bonds is 5. The molecule has 2 amide bonds. The van der Waals surface area contributed by atoms with Crippen molar-refractivity contribution in [1.29, 1.82) is 0 Å². The van der Waals surface area contributed by atoms with Gasteiger partial charge in [-0.05, 0) is 44.0 Å². The lowest BCUT2D eigenvalue weighted by Crippen LogP contribution is -2.40. The molecule has 1 aromatic carbocycles. The number of carbonyl (C=O) groups is 2. The SMILES string of the molecule is CC(CC(=O)N1CCCC(c2nc3ccc(F)cc3cc2C(N)=O)C1)n1ccnc1. The van der Waals surface area contributed by atoms with Crippen molar-refractivity contribution in [1.82, 2.24) is 19.4 Å². The molecule has 30 heavy (non-hydrogen) atoms. The summed E-state index contributed by atoms with van der Waals surface area (Å²) in [6, 6.07) is 5.89. The molecule has 2 atom stereocenters. The van der Waals surface area contributed by atoms with E-state index in [9.17, 15) is 14.0 Å². The van der Waals surface area contributed by atoms with Gasteiger partial charge in [0.25, 0.3) is 5.91 Å². The van der Waals surface area contributed by atoms with E-state index in [2.05, 4.69) is 9.97 Å². The number of hydrogen-bond donors (Lipinski definition) is 1. The fourth-order valence-corrected chi connectivity index (χ4v) is 4.12. The fraction of sp³-hybridized carbons (Fsp3) is 0.364. The Labute approximate surface area is 173 Å². The van der Waals surface area contributed by atoms with Gasteiger partial charge in [-0.2, -0.15) is 0 Å². The van der Waals surface area contributed by atoms with Crippen molar-refractivity contribution in [3.8, 4) is 0 Å². The van der Waals surface area contributed by atoms with Gasteiger partial charge in [-0.25, -0.2) is 9.37 Å². The third-order valence-corrected chi connectivity index (χ3v) is 5.74. The minimum absolute atomic E-state index is 0.00949. The Morgan fingerprint density at radius 2 is 2.17 bits per heavy atom. The molecular formula is C22H24FN5O2. The van der Waals surface area contributed by atoms with Crippen molar-refractivity contribution >= 4 is 22.7 Å². The average molecular weight is 409 g/mol. The molecule has 8 heteroatoms. The number of nitrogens with zero attached hydrogens (tertiary/aromatic N) is 4. The predicted octanol–water partition coefficient (Wildman–Crippen LogP) is 3.03. The Morgan fingerprint density at radius 1 is 1.33 bits per heavy atom. The Hall–Kier alpha value is -3.29. The zero-order valence-electron chi connectivity index (χ0n) is 16.8. The second kappa shape index (κ2) is 8.22. The molecule has 7 nitrogen and oxygen atoms in total. The third kappa shape index (κ3) is 4.03. The maximum absolute atomic E-state index is 13.6. The van der Waals surface area contributed by atoms with E-state index in [1.54, 1.807) is 24.7 Å². The Kier molecular flexibility index (Phi) is 5.48. The van der Waals surface area contributed by atoms with E-state index in [1.165, 1.54) is 12.1 Å². The maximum Gasteiger partial charge on any atom is 0.250 e. The van der Waals surface area contributed by atoms with E-state index in [1.807, 2.05) is 22.6 Å². The number of imidazole rings is 1. The summed E-state index contributed by atoms with van der Waals surface area (Å²) in [5, 5.41) is 0.533. The van der Waals surface area contributed by atoms with Crippen LogP contribution in [0.3, 0.4) is 0 Å². The number of carbonyl (C=O) groups excluding carboxylic acids is 2. The number of piperidine rings is 1. The molecule has 0 spiro atoms. The van der Waals surface area contributed by atoms with Crippen LogP contribution in [-0.2, 0) is 4.79 Å². The summed E-state index contributed by atoms with van der Waals surface area (Å²) in [5.74, 6) is -1.03. The number of pyridine rings is 1. The molecule has 1 aliphatic rings. The molecule has 1 aliphatic heterocycles. The number of likely N-dealkylation sites (tertiary alicyclic amines) is 1. The van der Waals surface area contributed by atoms with Crippen LogP contribution in [-0.4, -0.2) is 44.3 Å². The van der Waals surface area contributed by atoms with Crippen molar-refractivity contribution in [3.05, 3.63) is 60.1 Å². The van der Waals surface area contributed by atoms with Gasteiger partial charge in [0.05, 0.1) is 23.1 Å². The van der Waals surface area contributed by atoms with Crippen LogP contribution in [0.15, 0.2) is 43.0 Å². The lowest BCUT2D eigenvalue weighted by Gasteiger charge is -2.34. The number of hydrogen-bond acceptors (Lipinski definition) is 4. The topological polar surface area (TPSA) is 94.1 Å². The molecule has 2 N–H and O–H groups in total. The lowest BCUT2D eigenvalue weighted by atomic mass is 9.90. The summed E-state index contributed by atoms with van der Waals surface area (Å²) in [7, 11) is 0. The molecule has 3 aromatic rings. The maximum atomic E-state index is 13.6. The molecule has 0 aliphatic carbocycles. The Balaban J connectivity index is 1.57. The molecule has 3 heterocycles. The van der Waals surface area contributed by atoms with Crippen molar-refractivity contribution in [2.45, 2.75) is 38.1 Å². The van der Waals surface area contributed by atoms with Crippen LogP contribution in [0.25, 0.3) is 10.9 Å². The smallest absolute Gasteiger partial charge is 0.250 e. The molecule has 0 saturated carbocycles. The van der Waals surface area contributed by atoms with Crippen LogP contribution in [0, 0.1) is 5.82 Å². The van der Waals surface area contributed by atoms with E-state index in [0.717, 1.165) is 12.8 Å². The molecule has 1 saturated heterocycles. The van der Waals surface area contributed by atoms with Crippen LogP contribution in [0.1, 0.15) is 54.2 Å². The van der Waals surface area contributed by atoms with Gasteiger partial charge in [-0.3, -0.25) is 14.6 Å². The first kappa shape index (κ1) is 20.0. The first-order valence-electron chi connectivity index (χ1n) is 10.1. The fourth-order valence-electron chi connectivity index (χ4n) is 4.12. The lowest BCUT2D eigenvalue weighted by molar-refractivity contribution is -0.133. The summed E-state index contributed by atoms with van der Waals surface area (Å²) >= 11 is 0. The molecule has 1 fully saturated rings. The van der Waals surface area contributed by atoms with Crippen molar-refractivity contribution in [2.75, 3.05) is 13.1 Å². The summed E-state index contributed by atoms with van der Waals surface area (Å²) in [4.78, 5) is 35.5. The van der Waals surface area contributed by atoms with Crippen LogP contribution in [0.4, 0.5) is 4.39 Å². The second-order valence-corrected chi connectivity index (χ2v) is 7.86. The number of halogens is 1. The minimum Gasteiger partial charge on any atom is -0.366 e. The second-order valence-electron chi connectivity index (χ2n) is 7.86. The molecule has 0 bridgehead atoms. The largest absolute Gasteiger partial charge is 0.366 e. The van der Waals surface area contributed by atoms with Crippen LogP contribution >= 0.6 is 0 Å². The zero-order valence-corrected chi connectivity index (χ0v) is 16.8. The first-order valence-corrected chi connectivity index (χ1v) is 10.1.